The van der Waals surface area contributed by atoms with Gasteiger partial charge in [0.15, 0.2) is 0 Å². The van der Waals surface area contributed by atoms with E-state index in [1.165, 1.54) is 16.9 Å². The minimum Gasteiger partial charge on any atom is -0.298 e. The van der Waals surface area contributed by atoms with Crippen molar-refractivity contribution in [1.82, 2.24) is 9.55 Å². The number of hydrogen-bond acceptors (Lipinski definition) is 3. The maximum absolute atomic E-state index is 12.6. The molecule has 0 bridgehead atoms. The molecule has 0 aliphatic carbocycles. The predicted octanol–water partition coefficient (Wildman–Crippen LogP) is 3.69. The lowest BCUT2D eigenvalue weighted by Gasteiger charge is -2.19. The fourth-order valence-electron chi connectivity index (χ4n) is 2.70. The molecule has 3 rings (SSSR count). The summed E-state index contributed by atoms with van der Waals surface area (Å²) in [6.07, 6.45) is 0. The quantitative estimate of drug-likeness (QED) is 0.786. The summed E-state index contributed by atoms with van der Waals surface area (Å²) in [4.78, 5) is 27.7. The number of aromatic nitrogens is 2. The van der Waals surface area contributed by atoms with E-state index < -0.39 is 17.9 Å². The highest BCUT2D eigenvalue weighted by Crippen LogP contribution is 2.32. The number of rotatable bonds is 3. The summed E-state index contributed by atoms with van der Waals surface area (Å²) in [7, 11) is 0. The van der Waals surface area contributed by atoms with E-state index in [0.717, 1.165) is 15.7 Å². The third-order valence-electron chi connectivity index (χ3n) is 4.09. The van der Waals surface area contributed by atoms with E-state index in [4.69, 9.17) is 0 Å². The number of nitrogens with one attached hydrogen (secondary N) is 1. The first kappa shape index (κ1) is 16.6. The van der Waals surface area contributed by atoms with Gasteiger partial charge in [-0.3, -0.25) is 14.3 Å². The lowest BCUT2D eigenvalue weighted by atomic mass is 9.86. The second-order valence-corrected chi connectivity index (χ2v) is 7.64. The average molecular weight is 346 g/mol. The van der Waals surface area contributed by atoms with Crippen molar-refractivity contribution in [2.75, 3.05) is 6.67 Å². The summed E-state index contributed by atoms with van der Waals surface area (Å²) in [5, 5.41) is 2.30. The SMILES string of the molecule is CC(C)(C)c1ccc(-c2csc3[nH]c(=O)n(CCF)c(=O)c23)cc1. The van der Waals surface area contributed by atoms with Gasteiger partial charge in [-0.25, -0.2) is 9.18 Å². The van der Waals surface area contributed by atoms with Crippen molar-refractivity contribution in [2.24, 2.45) is 0 Å². The van der Waals surface area contributed by atoms with Crippen molar-refractivity contribution in [1.29, 1.82) is 0 Å². The van der Waals surface area contributed by atoms with Crippen LogP contribution < -0.4 is 11.2 Å². The zero-order chi connectivity index (χ0) is 17.5. The molecule has 0 amide bonds. The normalized spacial score (nSPS) is 12.0. The van der Waals surface area contributed by atoms with Crippen LogP contribution in [0.1, 0.15) is 26.3 Å². The van der Waals surface area contributed by atoms with Crippen LogP contribution in [-0.2, 0) is 12.0 Å². The van der Waals surface area contributed by atoms with Crippen LogP contribution in [0.15, 0.2) is 39.2 Å². The van der Waals surface area contributed by atoms with Gasteiger partial charge in [0.25, 0.3) is 5.56 Å². The highest BCUT2D eigenvalue weighted by Gasteiger charge is 2.17. The lowest BCUT2D eigenvalue weighted by molar-refractivity contribution is 0.434. The molecule has 0 aliphatic heterocycles. The molecule has 3 aromatic rings. The van der Waals surface area contributed by atoms with E-state index in [2.05, 4.69) is 25.8 Å². The van der Waals surface area contributed by atoms with Gasteiger partial charge in [0.05, 0.1) is 11.9 Å². The molecule has 6 heteroatoms. The molecule has 24 heavy (non-hydrogen) atoms. The summed E-state index contributed by atoms with van der Waals surface area (Å²) in [6.45, 7) is 5.43. The Morgan fingerprint density at radius 3 is 2.42 bits per heavy atom. The van der Waals surface area contributed by atoms with Crippen molar-refractivity contribution in [2.45, 2.75) is 32.7 Å². The number of benzene rings is 1. The number of hydrogen-bond donors (Lipinski definition) is 1. The Labute approximate surface area is 142 Å². The fraction of sp³-hybridized carbons (Fsp3) is 0.333. The zero-order valence-electron chi connectivity index (χ0n) is 13.9. The number of alkyl halides is 1. The largest absolute Gasteiger partial charge is 0.329 e. The lowest BCUT2D eigenvalue weighted by Crippen LogP contribution is -2.35. The van der Waals surface area contributed by atoms with Gasteiger partial charge in [-0.2, -0.15) is 0 Å². The number of nitrogens with zero attached hydrogens (tertiary/aromatic N) is 1. The maximum atomic E-state index is 12.6. The molecule has 0 atom stereocenters. The molecular weight excluding hydrogens is 327 g/mol. The van der Waals surface area contributed by atoms with E-state index in [1.807, 2.05) is 29.6 Å². The number of thiophene rings is 1. The highest BCUT2D eigenvalue weighted by atomic mass is 32.1. The van der Waals surface area contributed by atoms with Crippen LogP contribution in [-0.4, -0.2) is 16.2 Å². The van der Waals surface area contributed by atoms with E-state index in [-0.39, 0.29) is 12.0 Å². The molecule has 0 aliphatic rings. The van der Waals surface area contributed by atoms with Crippen LogP contribution >= 0.6 is 11.3 Å². The molecule has 0 saturated heterocycles. The summed E-state index contributed by atoms with van der Waals surface area (Å²) in [5.41, 5.74) is 1.92. The summed E-state index contributed by atoms with van der Waals surface area (Å²) >= 11 is 1.31. The minimum absolute atomic E-state index is 0.0499. The topological polar surface area (TPSA) is 54.9 Å². The molecule has 0 radical (unpaired) electrons. The zero-order valence-corrected chi connectivity index (χ0v) is 14.7. The van der Waals surface area contributed by atoms with E-state index in [0.29, 0.717) is 10.2 Å². The molecule has 1 aromatic carbocycles. The van der Waals surface area contributed by atoms with E-state index in [1.54, 1.807) is 0 Å². The molecular formula is C18H19FN2O2S. The maximum Gasteiger partial charge on any atom is 0.329 e. The Bertz CT molecular complexity index is 991. The first-order valence-corrected chi connectivity index (χ1v) is 8.62. The summed E-state index contributed by atoms with van der Waals surface area (Å²) in [6, 6.07) is 8.05. The second kappa shape index (κ2) is 6.02. The fourth-order valence-corrected chi connectivity index (χ4v) is 3.65. The Morgan fingerprint density at radius 1 is 1.17 bits per heavy atom. The smallest absolute Gasteiger partial charge is 0.298 e. The van der Waals surface area contributed by atoms with Gasteiger partial charge in [0.1, 0.15) is 11.5 Å². The molecule has 1 N–H and O–H groups in total. The van der Waals surface area contributed by atoms with Gasteiger partial charge in [0, 0.05) is 10.9 Å². The van der Waals surface area contributed by atoms with Crippen molar-refractivity contribution in [3.05, 3.63) is 56.0 Å². The summed E-state index contributed by atoms with van der Waals surface area (Å²) in [5.74, 6) is 0. The van der Waals surface area contributed by atoms with Crippen LogP contribution in [0.25, 0.3) is 21.3 Å². The van der Waals surface area contributed by atoms with Crippen LogP contribution in [0.4, 0.5) is 4.39 Å². The number of aromatic amines is 1. The molecule has 0 spiro atoms. The van der Waals surface area contributed by atoms with Gasteiger partial charge >= 0.3 is 5.69 Å². The van der Waals surface area contributed by atoms with Crippen molar-refractivity contribution < 1.29 is 4.39 Å². The Morgan fingerprint density at radius 2 is 1.83 bits per heavy atom. The minimum atomic E-state index is -0.756. The third-order valence-corrected chi connectivity index (χ3v) is 4.98. The van der Waals surface area contributed by atoms with Gasteiger partial charge in [-0.05, 0) is 16.5 Å². The molecule has 0 saturated carbocycles. The first-order chi connectivity index (χ1) is 11.3. The molecule has 126 valence electrons. The van der Waals surface area contributed by atoms with Crippen LogP contribution in [0.3, 0.4) is 0 Å². The highest BCUT2D eigenvalue weighted by molar-refractivity contribution is 7.17. The van der Waals surface area contributed by atoms with Crippen molar-refractivity contribution >= 4 is 21.6 Å². The van der Waals surface area contributed by atoms with Gasteiger partial charge in [-0.1, -0.05) is 45.0 Å². The van der Waals surface area contributed by atoms with Crippen LogP contribution in [0, 0.1) is 0 Å². The Balaban J connectivity index is 2.19. The van der Waals surface area contributed by atoms with Gasteiger partial charge < -0.3 is 0 Å². The standard InChI is InChI=1S/C18H19FN2O2S/c1-18(2,3)12-6-4-11(5-7-12)13-10-24-15-14(13)16(22)21(9-8-19)17(23)20-15/h4-7,10H,8-9H2,1-3H3,(H,20,23). The molecule has 0 fully saturated rings. The number of fused-ring (bicyclic) bond motifs is 1. The average Bonchev–Trinajstić information content (AvgIpc) is 2.94. The monoisotopic (exact) mass is 346 g/mol. The first-order valence-electron chi connectivity index (χ1n) is 7.74. The Kier molecular flexibility index (Phi) is 4.17. The molecule has 2 aromatic heterocycles. The number of H-pyrrole nitrogens is 1. The third kappa shape index (κ3) is 2.82. The summed E-state index contributed by atoms with van der Waals surface area (Å²) < 4.78 is 13.6. The van der Waals surface area contributed by atoms with Crippen molar-refractivity contribution in [3.63, 3.8) is 0 Å². The molecule has 4 nitrogen and oxygen atoms in total. The van der Waals surface area contributed by atoms with Gasteiger partial charge in [0.2, 0.25) is 0 Å². The van der Waals surface area contributed by atoms with E-state index in [9.17, 15) is 14.0 Å². The second-order valence-electron chi connectivity index (χ2n) is 6.76. The molecule has 2 heterocycles. The van der Waals surface area contributed by atoms with Crippen molar-refractivity contribution in [3.8, 4) is 11.1 Å². The van der Waals surface area contributed by atoms with Crippen LogP contribution in [0.2, 0.25) is 0 Å². The Hall–Kier alpha value is -2.21. The van der Waals surface area contributed by atoms with Crippen LogP contribution in [0.5, 0.6) is 0 Å². The molecule has 0 unspecified atom stereocenters. The predicted molar refractivity (Wildman–Crippen MR) is 96.8 cm³/mol. The number of halogens is 1. The van der Waals surface area contributed by atoms with Gasteiger partial charge in [-0.15, -0.1) is 11.3 Å². The van der Waals surface area contributed by atoms with E-state index >= 15 is 0 Å².